The number of rotatable bonds is 3. The van der Waals surface area contributed by atoms with E-state index in [9.17, 15) is 19.8 Å². The Morgan fingerprint density at radius 1 is 1.47 bits per heavy atom. The average molecular weight is 267 g/mol. The number of methoxy groups -OCH3 is 1. The Balaban J connectivity index is 2.24. The highest BCUT2D eigenvalue weighted by atomic mass is 16.5. The van der Waals surface area contributed by atoms with E-state index in [1.54, 1.807) is 0 Å². The third kappa shape index (κ3) is 2.67. The molecule has 1 aliphatic heterocycles. The molecule has 102 valence electrons. The zero-order chi connectivity index (χ0) is 14.0. The summed E-state index contributed by atoms with van der Waals surface area (Å²) in [4.78, 5) is 22.3. The average Bonchev–Trinajstić information content (AvgIpc) is 2.43. The van der Waals surface area contributed by atoms with Crippen LogP contribution in [0.3, 0.4) is 0 Å². The van der Waals surface area contributed by atoms with Crippen LogP contribution < -0.4 is 10.1 Å². The van der Waals surface area contributed by atoms with Gasteiger partial charge in [0.15, 0.2) is 12.7 Å². The van der Waals surface area contributed by atoms with Crippen molar-refractivity contribution in [2.45, 2.75) is 12.2 Å². The van der Waals surface area contributed by atoms with Gasteiger partial charge in [0.05, 0.1) is 12.8 Å². The number of hydrogen-bond donors (Lipinski definition) is 3. The van der Waals surface area contributed by atoms with Crippen molar-refractivity contribution < 1.29 is 29.3 Å². The van der Waals surface area contributed by atoms with Gasteiger partial charge in [-0.1, -0.05) is 6.07 Å². The van der Waals surface area contributed by atoms with Gasteiger partial charge in [0.1, 0.15) is 11.9 Å². The zero-order valence-electron chi connectivity index (χ0n) is 10.1. The molecule has 0 fully saturated rings. The van der Waals surface area contributed by atoms with Crippen LogP contribution in [0.1, 0.15) is 11.7 Å². The molecule has 0 radical (unpaired) electrons. The Kier molecular flexibility index (Phi) is 3.68. The number of anilines is 1. The molecule has 1 amide bonds. The van der Waals surface area contributed by atoms with Gasteiger partial charge in [0, 0.05) is 0 Å². The minimum Gasteiger partial charge on any atom is -0.482 e. The molecule has 7 nitrogen and oxygen atoms in total. The Morgan fingerprint density at radius 2 is 2.21 bits per heavy atom. The fraction of sp³-hybridized carbons (Fsp3) is 0.333. The number of aliphatic hydroxyl groups is 2. The van der Waals surface area contributed by atoms with Crippen LogP contribution in [0.5, 0.6) is 5.75 Å². The summed E-state index contributed by atoms with van der Waals surface area (Å²) in [6.07, 6.45) is -3.14. The number of carbonyl (C=O) groups is 2. The van der Waals surface area contributed by atoms with E-state index < -0.39 is 18.2 Å². The van der Waals surface area contributed by atoms with Crippen LogP contribution in [0.2, 0.25) is 0 Å². The molecular formula is C12H13NO6. The highest BCUT2D eigenvalue weighted by Gasteiger charge is 2.27. The van der Waals surface area contributed by atoms with Crippen LogP contribution in [0.4, 0.5) is 5.69 Å². The molecule has 1 aromatic rings. The topological polar surface area (TPSA) is 105 Å². The first kappa shape index (κ1) is 13.3. The Labute approximate surface area is 108 Å². The molecule has 0 saturated carbocycles. The SMILES string of the molecule is COC(=O)C(O)C(O)c1ccc2c(c1)NC(=O)CO2. The van der Waals surface area contributed by atoms with Crippen LogP contribution in [-0.2, 0) is 14.3 Å². The van der Waals surface area contributed by atoms with Crippen molar-refractivity contribution in [2.75, 3.05) is 19.0 Å². The van der Waals surface area contributed by atoms with E-state index in [0.717, 1.165) is 7.11 Å². The van der Waals surface area contributed by atoms with Crippen LogP contribution in [-0.4, -0.2) is 41.9 Å². The Morgan fingerprint density at radius 3 is 2.89 bits per heavy atom. The van der Waals surface area contributed by atoms with Gasteiger partial charge >= 0.3 is 5.97 Å². The van der Waals surface area contributed by atoms with E-state index in [1.165, 1.54) is 18.2 Å². The van der Waals surface area contributed by atoms with Crippen molar-refractivity contribution in [3.05, 3.63) is 23.8 Å². The van der Waals surface area contributed by atoms with Crippen molar-refractivity contribution in [1.29, 1.82) is 0 Å². The highest BCUT2D eigenvalue weighted by Crippen LogP contribution is 2.31. The van der Waals surface area contributed by atoms with E-state index in [0.29, 0.717) is 11.4 Å². The van der Waals surface area contributed by atoms with E-state index in [-0.39, 0.29) is 18.1 Å². The first-order chi connectivity index (χ1) is 9.02. The molecule has 7 heteroatoms. The molecule has 0 bridgehead atoms. The number of hydrogen-bond acceptors (Lipinski definition) is 6. The summed E-state index contributed by atoms with van der Waals surface area (Å²) < 4.78 is 9.49. The van der Waals surface area contributed by atoms with Gasteiger partial charge in [-0.15, -0.1) is 0 Å². The molecule has 1 aromatic carbocycles. The number of nitrogens with one attached hydrogen (secondary N) is 1. The first-order valence-corrected chi connectivity index (χ1v) is 5.53. The summed E-state index contributed by atoms with van der Waals surface area (Å²) in [5.74, 6) is -0.790. The molecule has 0 aromatic heterocycles. The minimum atomic E-state index is -1.69. The fourth-order valence-corrected chi connectivity index (χ4v) is 1.72. The third-order valence-corrected chi connectivity index (χ3v) is 2.72. The summed E-state index contributed by atoms with van der Waals surface area (Å²) in [5.41, 5.74) is 0.646. The molecule has 1 heterocycles. The summed E-state index contributed by atoms with van der Waals surface area (Å²) in [5, 5.41) is 22.0. The predicted octanol–water partition coefficient (Wildman–Crippen LogP) is -0.415. The normalized spacial score (nSPS) is 16.7. The molecule has 0 saturated heterocycles. The third-order valence-electron chi connectivity index (χ3n) is 2.72. The lowest BCUT2D eigenvalue weighted by Gasteiger charge is -2.21. The van der Waals surface area contributed by atoms with Crippen LogP contribution in [0.15, 0.2) is 18.2 Å². The number of amides is 1. The molecule has 3 N–H and O–H groups in total. The molecule has 2 rings (SSSR count). The number of carbonyl (C=O) groups excluding carboxylic acids is 2. The molecule has 0 aliphatic carbocycles. The standard InChI is InChI=1S/C12H13NO6/c1-18-12(17)11(16)10(15)6-2-3-8-7(4-6)13-9(14)5-19-8/h2-4,10-11,15-16H,5H2,1H3,(H,13,14). The maximum absolute atomic E-state index is 11.2. The number of aliphatic hydroxyl groups excluding tert-OH is 2. The second kappa shape index (κ2) is 5.25. The zero-order valence-corrected chi connectivity index (χ0v) is 10.1. The largest absolute Gasteiger partial charge is 0.482 e. The van der Waals surface area contributed by atoms with Gasteiger partial charge in [0.2, 0.25) is 0 Å². The summed E-state index contributed by atoms with van der Waals surface area (Å²) in [7, 11) is 1.11. The minimum absolute atomic E-state index is 0.0698. The molecule has 19 heavy (non-hydrogen) atoms. The van der Waals surface area contributed by atoms with Gasteiger partial charge in [-0.05, 0) is 17.7 Å². The van der Waals surface area contributed by atoms with Crippen molar-refractivity contribution in [3.63, 3.8) is 0 Å². The number of fused-ring (bicyclic) bond motifs is 1. The number of benzene rings is 1. The van der Waals surface area contributed by atoms with Gasteiger partial charge in [-0.2, -0.15) is 0 Å². The van der Waals surface area contributed by atoms with Gasteiger partial charge in [-0.3, -0.25) is 4.79 Å². The molecule has 2 unspecified atom stereocenters. The highest BCUT2D eigenvalue weighted by molar-refractivity contribution is 5.95. The van der Waals surface area contributed by atoms with Crippen molar-refractivity contribution in [2.24, 2.45) is 0 Å². The smallest absolute Gasteiger partial charge is 0.337 e. The molecule has 0 spiro atoms. The number of esters is 1. The fourth-order valence-electron chi connectivity index (χ4n) is 1.72. The quantitative estimate of drug-likeness (QED) is 0.643. The van der Waals surface area contributed by atoms with Gasteiger partial charge in [-0.25, -0.2) is 4.79 Å². The molecule has 2 atom stereocenters. The van der Waals surface area contributed by atoms with E-state index in [2.05, 4.69) is 10.1 Å². The van der Waals surface area contributed by atoms with Crippen molar-refractivity contribution >= 4 is 17.6 Å². The molecular weight excluding hydrogens is 254 g/mol. The first-order valence-electron chi connectivity index (χ1n) is 5.53. The van der Waals surface area contributed by atoms with E-state index in [4.69, 9.17) is 4.74 Å². The van der Waals surface area contributed by atoms with Crippen molar-refractivity contribution in [3.8, 4) is 5.75 Å². The summed E-state index contributed by atoms with van der Waals surface area (Å²) in [6.45, 7) is -0.0698. The summed E-state index contributed by atoms with van der Waals surface area (Å²) >= 11 is 0. The lowest BCUT2D eigenvalue weighted by atomic mass is 10.0. The molecule has 1 aliphatic rings. The lowest BCUT2D eigenvalue weighted by molar-refractivity contribution is -0.156. The van der Waals surface area contributed by atoms with Gasteiger partial charge in [0.25, 0.3) is 5.91 Å². The van der Waals surface area contributed by atoms with E-state index in [1.807, 2.05) is 0 Å². The predicted molar refractivity (Wildman–Crippen MR) is 63.5 cm³/mol. The van der Waals surface area contributed by atoms with Crippen LogP contribution in [0, 0.1) is 0 Å². The maximum atomic E-state index is 11.2. The maximum Gasteiger partial charge on any atom is 0.337 e. The second-order valence-electron chi connectivity index (χ2n) is 4.01. The lowest BCUT2D eigenvalue weighted by Crippen LogP contribution is -2.29. The monoisotopic (exact) mass is 267 g/mol. The van der Waals surface area contributed by atoms with E-state index >= 15 is 0 Å². The van der Waals surface area contributed by atoms with Crippen LogP contribution >= 0.6 is 0 Å². The van der Waals surface area contributed by atoms with Crippen molar-refractivity contribution in [1.82, 2.24) is 0 Å². The number of ether oxygens (including phenoxy) is 2. The van der Waals surface area contributed by atoms with Gasteiger partial charge < -0.3 is 25.0 Å². The Bertz CT molecular complexity index is 515. The van der Waals surface area contributed by atoms with Crippen LogP contribution in [0.25, 0.3) is 0 Å². The Hall–Kier alpha value is -2.12. The second-order valence-corrected chi connectivity index (χ2v) is 4.01. The summed E-state index contributed by atoms with van der Waals surface area (Å²) in [6, 6.07) is 4.47.